The van der Waals surface area contributed by atoms with E-state index in [2.05, 4.69) is 0 Å². The molecule has 1 atom stereocenters. The van der Waals surface area contributed by atoms with Gasteiger partial charge in [0, 0.05) is 18.3 Å². The van der Waals surface area contributed by atoms with Gasteiger partial charge in [0.15, 0.2) is 0 Å². The maximum Gasteiger partial charge on any atom is 0.243 e. The number of nitrogen functional groups attached to an aromatic ring is 1. The summed E-state index contributed by atoms with van der Waals surface area (Å²) in [5.41, 5.74) is 8.92. The zero-order chi connectivity index (χ0) is 15.7. The lowest BCUT2D eigenvalue weighted by atomic mass is 10.1. The Kier molecular flexibility index (Phi) is 5.21. The van der Waals surface area contributed by atoms with Crippen molar-refractivity contribution in [2.24, 2.45) is 0 Å². The number of rotatable bonds is 5. The lowest BCUT2D eigenvalue weighted by molar-refractivity contribution is 0.342. The molecule has 0 heterocycles. The van der Waals surface area contributed by atoms with Gasteiger partial charge in [-0.15, -0.1) is 0 Å². The first-order chi connectivity index (χ1) is 9.18. The minimum absolute atomic E-state index is 0.0219. The zero-order valence-electron chi connectivity index (χ0n) is 13.3. The van der Waals surface area contributed by atoms with Crippen LogP contribution < -0.4 is 5.73 Å². The van der Waals surface area contributed by atoms with E-state index >= 15 is 0 Å². The van der Waals surface area contributed by atoms with Crippen molar-refractivity contribution in [3.05, 3.63) is 22.8 Å². The molecule has 0 radical (unpaired) electrons. The molecule has 0 bridgehead atoms. The minimum Gasteiger partial charge on any atom is -0.398 e. The average Bonchev–Trinajstić information content (AvgIpc) is 2.35. The van der Waals surface area contributed by atoms with Gasteiger partial charge in [-0.1, -0.05) is 19.9 Å². The highest BCUT2D eigenvalue weighted by Gasteiger charge is 2.30. The fourth-order valence-electron chi connectivity index (χ4n) is 2.62. The zero-order valence-corrected chi connectivity index (χ0v) is 14.1. The maximum absolute atomic E-state index is 12.9. The van der Waals surface area contributed by atoms with Gasteiger partial charge >= 0.3 is 0 Å². The van der Waals surface area contributed by atoms with Crippen molar-refractivity contribution in [1.29, 1.82) is 0 Å². The number of aryl methyl sites for hydroxylation is 2. The van der Waals surface area contributed by atoms with Crippen molar-refractivity contribution in [3.63, 3.8) is 0 Å². The van der Waals surface area contributed by atoms with Crippen LogP contribution in [0, 0.1) is 20.8 Å². The molecular weight excluding hydrogens is 272 g/mol. The smallest absolute Gasteiger partial charge is 0.243 e. The summed E-state index contributed by atoms with van der Waals surface area (Å²) < 4.78 is 27.4. The number of hydrogen-bond donors (Lipinski definition) is 1. The summed E-state index contributed by atoms with van der Waals surface area (Å²) in [6, 6.07) is 1.82. The highest BCUT2D eigenvalue weighted by molar-refractivity contribution is 7.89. The normalized spacial score (nSPS) is 13.8. The molecule has 1 rings (SSSR count). The van der Waals surface area contributed by atoms with Crippen LogP contribution in [0.2, 0.25) is 0 Å². The number of sulfonamides is 1. The third kappa shape index (κ3) is 2.83. The average molecular weight is 298 g/mol. The number of nitrogens with two attached hydrogens (primary N) is 1. The molecule has 0 saturated heterocycles. The largest absolute Gasteiger partial charge is 0.398 e. The summed E-state index contributed by atoms with van der Waals surface area (Å²) >= 11 is 0. The van der Waals surface area contributed by atoms with E-state index in [9.17, 15) is 8.42 Å². The summed E-state index contributed by atoms with van der Waals surface area (Å²) in [5.74, 6) is 0. The monoisotopic (exact) mass is 298 g/mol. The molecule has 5 heteroatoms. The third-order valence-electron chi connectivity index (χ3n) is 3.92. The molecule has 0 aliphatic heterocycles. The molecule has 0 aliphatic rings. The van der Waals surface area contributed by atoms with Crippen molar-refractivity contribution >= 4 is 15.7 Å². The molecule has 114 valence electrons. The Balaban J connectivity index is 3.54. The van der Waals surface area contributed by atoms with E-state index in [0.717, 1.165) is 17.5 Å². The third-order valence-corrected chi connectivity index (χ3v) is 6.30. The van der Waals surface area contributed by atoms with E-state index in [4.69, 9.17) is 5.73 Å². The highest BCUT2D eigenvalue weighted by Crippen LogP contribution is 2.31. The first kappa shape index (κ1) is 17.0. The van der Waals surface area contributed by atoms with Gasteiger partial charge in [-0.2, -0.15) is 4.31 Å². The Morgan fingerprint density at radius 1 is 1.20 bits per heavy atom. The van der Waals surface area contributed by atoms with Gasteiger partial charge in [-0.25, -0.2) is 8.42 Å². The van der Waals surface area contributed by atoms with Gasteiger partial charge in [-0.3, -0.25) is 0 Å². The van der Waals surface area contributed by atoms with Crippen molar-refractivity contribution < 1.29 is 8.42 Å². The van der Waals surface area contributed by atoms with Crippen molar-refractivity contribution in [3.8, 4) is 0 Å². The molecular formula is C15H26N2O2S. The van der Waals surface area contributed by atoms with Gasteiger partial charge < -0.3 is 5.73 Å². The first-order valence-electron chi connectivity index (χ1n) is 7.06. The number of benzene rings is 1. The van der Waals surface area contributed by atoms with Gasteiger partial charge in [0.25, 0.3) is 0 Å². The lowest BCUT2D eigenvalue weighted by Crippen LogP contribution is -2.38. The van der Waals surface area contributed by atoms with E-state index in [1.807, 2.05) is 40.7 Å². The molecule has 0 saturated carbocycles. The summed E-state index contributed by atoms with van der Waals surface area (Å²) in [4.78, 5) is 0.364. The quantitative estimate of drug-likeness (QED) is 0.850. The van der Waals surface area contributed by atoms with Crippen LogP contribution in [0.15, 0.2) is 11.0 Å². The van der Waals surface area contributed by atoms with Crippen molar-refractivity contribution in [1.82, 2.24) is 4.31 Å². The predicted molar refractivity (Wildman–Crippen MR) is 84.4 cm³/mol. The Morgan fingerprint density at radius 2 is 1.75 bits per heavy atom. The topological polar surface area (TPSA) is 63.4 Å². The SMILES string of the molecule is CCC(C)N(CC)S(=O)(=O)c1c(C)cc(C)c(N)c1C. The van der Waals surface area contributed by atoms with Crippen LogP contribution in [-0.4, -0.2) is 25.3 Å². The maximum atomic E-state index is 12.9. The summed E-state index contributed by atoms with van der Waals surface area (Å²) in [7, 11) is -3.51. The van der Waals surface area contributed by atoms with E-state index in [-0.39, 0.29) is 6.04 Å². The highest BCUT2D eigenvalue weighted by atomic mass is 32.2. The Morgan fingerprint density at radius 3 is 2.20 bits per heavy atom. The molecule has 1 aromatic carbocycles. The van der Waals surface area contributed by atoms with E-state index < -0.39 is 10.0 Å². The molecule has 2 N–H and O–H groups in total. The first-order valence-corrected chi connectivity index (χ1v) is 8.50. The Bertz CT molecular complexity index is 594. The molecule has 0 aliphatic carbocycles. The van der Waals surface area contributed by atoms with Crippen LogP contribution in [0.3, 0.4) is 0 Å². The lowest BCUT2D eigenvalue weighted by Gasteiger charge is -2.28. The molecule has 0 amide bonds. The van der Waals surface area contributed by atoms with Crippen molar-refractivity contribution in [2.75, 3.05) is 12.3 Å². The van der Waals surface area contributed by atoms with Gasteiger partial charge in [0.2, 0.25) is 10.0 Å². The van der Waals surface area contributed by atoms with Gasteiger partial charge in [-0.05, 0) is 50.8 Å². The second-order valence-corrected chi connectivity index (χ2v) is 7.17. The van der Waals surface area contributed by atoms with Gasteiger partial charge in [0.1, 0.15) is 0 Å². The van der Waals surface area contributed by atoms with Crippen LogP contribution in [-0.2, 0) is 10.0 Å². The fourth-order valence-corrected chi connectivity index (χ4v) is 4.78. The number of anilines is 1. The molecule has 0 aromatic heterocycles. The molecule has 4 nitrogen and oxygen atoms in total. The van der Waals surface area contributed by atoms with Crippen LogP contribution >= 0.6 is 0 Å². The number of hydrogen-bond acceptors (Lipinski definition) is 3. The molecule has 1 unspecified atom stereocenters. The molecule has 20 heavy (non-hydrogen) atoms. The van der Waals surface area contributed by atoms with Gasteiger partial charge in [0.05, 0.1) is 4.90 Å². The second kappa shape index (κ2) is 6.14. The fraction of sp³-hybridized carbons (Fsp3) is 0.600. The van der Waals surface area contributed by atoms with E-state index in [1.54, 1.807) is 11.2 Å². The summed E-state index contributed by atoms with van der Waals surface area (Å²) in [6.07, 6.45) is 0.784. The minimum atomic E-state index is -3.51. The van der Waals surface area contributed by atoms with Crippen LogP contribution in [0.1, 0.15) is 43.9 Å². The summed E-state index contributed by atoms with van der Waals surface area (Å²) in [5, 5.41) is 0. The molecule has 0 spiro atoms. The van der Waals surface area contributed by atoms with E-state index in [0.29, 0.717) is 22.7 Å². The van der Waals surface area contributed by atoms with Crippen LogP contribution in [0.5, 0.6) is 0 Å². The Labute approximate surface area is 123 Å². The van der Waals surface area contributed by atoms with E-state index in [1.165, 1.54) is 0 Å². The van der Waals surface area contributed by atoms with Crippen molar-refractivity contribution in [2.45, 2.75) is 58.9 Å². The summed E-state index contributed by atoms with van der Waals surface area (Å²) in [6.45, 7) is 11.8. The Hall–Kier alpha value is -1.07. The molecule has 0 fully saturated rings. The van der Waals surface area contributed by atoms with Crippen LogP contribution in [0.4, 0.5) is 5.69 Å². The molecule has 1 aromatic rings. The standard InChI is InChI=1S/C15H26N2O2S/c1-7-12(5)17(8-2)20(18,19)15-11(4)9-10(3)14(16)13(15)6/h9,12H,7-8,16H2,1-6H3. The number of nitrogens with zero attached hydrogens (tertiary/aromatic N) is 1. The second-order valence-electron chi connectivity index (χ2n) is 5.34. The predicted octanol–water partition coefficient (Wildman–Crippen LogP) is 3.00. The van der Waals surface area contributed by atoms with Crippen LogP contribution in [0.25, 0.3) is 0 Å².